The Hall–Kier alpha value is -1.86. The standard InChI is InChI=1S/C12H12N2O4S/c13-12-10(5-14-18-12)9-3-1-2-4-11(9)19(15,16)8-6-17-7-8/h1-5,8H,6-7,13H2. The zero-order valence-corrected chi connectivity index (χ0v) is 10.8. The van der Waals surface area contributed by atoms with Crippen molar-refractivity contribution >= 4 is 15.7 Å². The van der Waals surface area contributed by atoms with Gasteiger partial charge in [0, 0.05) is 5.56 Å². The molecular formula is C12H12N2O4S. The first-order chi connectivity index (χ1) is 9.10. The van der Waals surface area contributed by atoms with Crippen molar-refractivity contribution in [2.24, 2.45) is 0 Å². The van der Waals surface area contributed by atoms with Crippen LogP contribution in [0.5, 0.6) is 0 Å². The molecule has 100 valence electrons. The third-order valence-electron chi connectivity index (χ3n) is 3.13. The quantitative estimate of drug-likeness (QED) is 0.904. The third kappa shape index (κ3) is 1.91. The number of nitrogen functional groups attached to an aromatic ring is 1. The van der Waals surface area contributed by atoms with Crippen molar-refractivity contribution in [2.75, 3.05) is 18.9 Å². The Morgan fingerprint density at radius 1 is 1.21 bits per heavy atom. The number of anilines is 1. The Morgan fingerprint density at radius 3 is 2.53 bits per heavy atom. The van der Waals surface area contributed by atoms with Gasteiger partial charge >= 0.3 is 0 Å². The van der Waals surface area contributed by atoms with E-state index in [4.69, 9.17) is 15.0 Å². The Labute approximate surface area is 110 Å². The van der Waals surface area contributed by atoms with E-state index in [1.165, 1.54) is 6.20 Å². The lowest BCUT2D eigenvalue weighted by molar-refractivity contribution is 0.0416. The van der Waals surface area contributed by atoms with E-state index in [-0.39, 0.29) is 24.0 Å². The predicted molar refractivity (Wildman–Crippen MR) is 68.1 cm³/mol. The second kappa shape index (κ2) is 4.36. The molecule has 0 spiro atoms. The molecule has 0 atom stereocenters. The summed E-state index contributed by atoms with van der Waals surface area (Å²) in [5.41, 5.74) is 6.65. The first-order valence-corrected chi connectivity index (χ1v) is 7.26. The Bertz CT molecular complexity index is 704. The minimum atomic E-state index is -3.43. The topological polar surface area (TPSA) is 95.4 Å². The maximum absolute atomic E-state index is 12.5. The van der Waals surface area contributed by atoms with E-state index in [0.29, 0.717) is 11.1 Å². The van der Waals surface area contributed by atoms with Crippen LogP contribution in [0, 0.1) is 0 Å². The summed E-state index contributed by atoms with van der Waals surface area (Å²) in [4.78, 5) is 0.234. The van der Waals surface area contributed by atoms with E-state index in [1.807, 2.05) is 0 Å². The van der Waals surface area contributed by atoms with Crippen LogP contribution in [0.3, 0.4) is 0 Å². The van der Waals surface area contributed by atoms with Gasteiger partial charge in [-0.1, -0.05) is 23.4 Å². The van der Waals surface area contributed by atoms with Crippen LogP contribution >= 0.6 is 0 Å². The van der Waals surface area contributed by atoms with Gasteiger partial charge in [-0.15, -0.1) is 0 Å². The number of ether oxygens (including phenoxy) is 1. The number of benzene rings is 1. The summed E-state index contributed by atoms with van der Waals surface area (Å²) in [6.45, 7) is 0.464. The second-order valence-electron chi connectivity index (χ2n) is 4.30. The smallest absolute Gasteiger partial charge is 0.229 e. The monoisotopic (exact) mass is 280 g/mol. The van der Waals surface area contributed by atoms with Crippen molar-refractivity contribution in [3.05, 3.63) is 30.5 Å². The summed E-state index contributed by atoms with van der Waals surface area (Å²) in [5, 5.41) is 3.09. The van der Waals surface area contributed by atoms with Gasteiger partial charge in [-0.2, -0.15) is 0 Å². The van der Waals surface area contributed by atoms with Crippen molar-refractivity contribution in [1.29, 1.82) is 0 Å². The number of rotatable bonds is 3. The van der Waals surface area contributed by atoms with Gasteiger partial charge in [0.05, 0.1) is 29.9 Å². The van der Waals surface area contributed by atoms with Gasteiger partial charge in [-0.25, -0.2) is 8.42 Å². The molecule has 2 heterocycles. The highest BCUT2D eigenvalue weighted by Gasteiger charge is 2.35. The normalized spacial score (nSPS) is 16.2. The first kappa shape index (κ1) is 12.2. The van der Waals surface area contributed by atoms with Crippen LogP contribution in [0.1, 0.15) is 0 Å². The van der Waals surface area contributed by atoms with Crippen molar-refractivity contribution < 1.29 is 17.7 Å². The van der Waals surface area contributed by atoms with Crippen LogP contribution < -0.4 is 5.73 Å². The second-order valence-corrected chi connectivity index (χ2v) is 6.50. The SMILES string of the molecule is Nc1oncc1-c1ccccc1S(=O)(=O)C1COC1. The van der Waals surface area contributed by atoms with Crippen LogP contribution in [0.2, 0.25) is 0 Å². The average Bonchev–Trinajstić information content (AvgIpc) is 2.72. The minimum Gasteiger partial charge on any atom is -0.379 e. The van der Waals surface area contributed by atoms with E-state index in [9.17, 15) is 8.42 Å². The lowest BCUT2D eigenvalue weighted by Crippen LogP contribution is -2.40. The largest absolute Gasteiger partial charge is 0.379 e. The zero-order chi connectivity index (χ0) is 13.5. The highest BCUT2D eigenvalue weighted by molar-refractivity contribution is 7.92. The highest BCUT2D eigenvalue weighted by atomic mass is 32.2. The van der Waals surface area contributed by atoms with E-state index in [0.717, 1.165) is 0 Å². The van der Waals surface area contributed by atoms with E-state index < -0.39 is 15.1 Å². The molecule has 2 N–H and O–H groups in total. The molecule has 19 heavy (non-hydrogen) atoms. The molecule has 0 unspecified atom stereocenters. The zero-order valence-electron chi connectivity index (χ0n) is 9.94. The van der Waals surface area contributed by atoms with Crippen LogP contribution in [0.4, 0.5) is 5.88 Å². The summed E-state index contributed by atoms with van der Waals surface area (Å²) in [5.74, 6) is 0.104. The Morgan fingerprint density at radius 2 is 1.95 bits per heavy atom. The molecule has 1 aliphatic heterocycles. The van der Waals surface area contributed by atoms with E-state index in [1.54, 1.807) is 24.3 Å². The molecule has 7 heteroatoms. The number of hydrogen-bond acceptors (Lipinski definition) is 6. The van der Waals surface area contributed by atoms with Crippen molar-refractivity contribution in [3.8, 4) is 11.1 Å². The van der Waals surface area contributed by atoms with Crippen LogP contribution in [-0.2, 0) is 14.6 Å². The van der Waals surface area contributed by atoms with Crippen molar-refractivity contribution in [3.63, 3.8) is 0 Å². The van der Waals surface area contributed by atoms with Crippen molar-refractivity contribution in [1.82, 2.24) is 5.16 Å². The summed E-state index contributed by atoms with van der Waals surface area (Å²) in [7, 11) is -3.43. The summed E-state index contributed by atoms with van der Waals surface area (Å²) >= 11 is 0. The number of aromatic nitrogens is 1. The summed E-state index contributed by atoms with van der Waals surface area (Å²) < 4.78 is 34.7. The fraction of sp³-hybridized carbons (Fsp3) is 0.250. The predicted octanol–water partition coefficient (Wildman–Crippen LogP) is 1.10. The molecule has 1 aromatic heterocycles. The maximum Gasteiger partial charge on any atom is 0.229 e. The lowest BCUT2D eigenvalue weighted by atomic mass is 10.1. The summed E-state index contributed by atoms with van der Waals surface area (Å²) in [6, 6.07) is 6.68. The highest BCUT2D eigenvalue weighted by Crippen LogP contribution is 2.34. The number of nitrogens with two attached hydrogens (primary N) is 1. The van der Waals surface area contributed by atoms with Gasteiger partial charge < -0.3 is 15.0 Å². The van der Waals surface area contributed by atoms with Gasteiger partial charge in [0.1, 0.15) is 5.25 Å². The molecular weight excluding hydrogens is 268 g/mol. The van der Waals surface area contributed by atoms with Gasteiger partial charge in [0.2, 0.25) is 5.88 Å². The first-order valence-electron chi connectivity index (χ1n) is 5.72. The number of hydrogen-bond donors (Lipinski definition) is 1. The molecule has 0 radical (unpaired) electrons. The molecule has 6 nitrogen and oxygen atoms in total. The van der Waals surface area contributed by atoms with Crippen molar-refractivity contribution in [2.45, 2.75) is 10.1 Å². The fourth-order valence-electron chi connectivity index (χ4n) is 1.96. The average molecular weight is 280 g/mol. The Kier molecular flexibility index (Phi) is 2.79. The van der Waals surface area contributed by atoms with Gasteiger partial charge in [-0.05, 0) is 6.07 Å². The third-order valence-corrected chi connectivity index (χ3v) is 5.25. The maximum atomic E-state index is 12.5. The number of sulfone groups is 1. The van der Waals surface area contributed by atoms with Gasteiger partial charge in [0.25, 0.3) is 0 Å². The fourth-order valence-corrected chi connectivity index (χ4v) is 3.62. The van der Waals surface area contributed by atoms with Crippen LogP contribution in [0.25, 0.3) is 11.1 Å². The summed E-state index contributed by atoms with van der Waals surface area (Å²) in [6.07, 6.45) is 1.42. The van der Waals surface area contributed by atoms with Crippen LogP contribution in [-0.4, -0.2) is 32.0 Å². The Balaban J connectivity index is 2.15. The van der Waals surface area contributed by atoms with Gasteiger partial charge in [0.15, 0.2) is 9.84 Å². The molecule has 0 bridgehead atoms. The molecule has 0 saturated carbocycles. The molecule has 1 aliphatic rings. The van der Waals surface area contributed by atoms with Gasteiger partial charge in [-0.3, -0.25) is 0 Å². The molecule has 0 aliphatic carbocycles. The van der Waals surface area contributed by atoms with E-state index >= 15 is 0 Å². The molecule has 2 aromatic rings. The molecule has 3 rings (SSSR count). The van der Waals surface area contributed by atoms with Crippen LogP contribution in [0.15, 0.2) is 39.9 Å². The van der Waals surface area contributed by atoms with E-state index in [2.05, 4.69) is 5.16 Å². The molecule has 1 saturated heterocycles. The lowest BCUT2D eigenvalue weighted by Gasteiger charge is -2.26. The number of nitrogens with zero attached hydrogens (tertiary/aromatic N) is 1. The molecule has 1 fully saturated rings. The molecule has 1 aromatic carbocycles. The minimum absolute atomic E-state index is 0.104. The molecule has 0 amide bonds.